The van der Waals surface area contributed by atoms with Crippen LogP contribution in [0, 0.1) is 0 Å². The predicted octanol–water partition coefficient (Wildman–Crippen LogP) is 2.36. The molecule has 2 rings (SSSR count). The molecule has 1 saturated carbocycles. The van der Waals surface area contributed by atoms with Gasteiger partial charge in [0.05, 0.1) is 19.8 Å². The van der Waals surface area contributed by atoms with E-state index in [0.29, 0.717) is 27.6 Å². The number of carbonyl (C=O) groups is 1. The highest BCUT2D eigenvalue weighted by Gasteiger charge is 2.25. The lowest BCUT2D eigenvalue weighted by Gasteiger charge is -2.11. The van der Waals surface area contributed by atoms with Gasteiger partial charge in [-0.05, 0) is 40.9 Å². The summed E-state index contributed by atoms with van der Waals surface area (Å²) in [6.07, 6.45) is 2.13. The van der Waals surface area contributed by atoms with E-state index in [4.69, 9.17) is 9.47 Å². The molecule has 0 heterocycles. The summed E-state index contributed by atoms with van der Waals surface area (Å²) in [5.74, 6) is 1.07. The van der Waals surface area contributed by atoms with Crippen molar-refractivity contribution in [2.75, 3.05) is 14.2 Å². The van der Waals surface area contributed by atoms with Gasteiger partial charge in [0.25, 0.3) is 5.91 Å². The zero-order valence-corrected chi connectivity index (χ0v) is 11.3. The van der Waals surface area contributed by atoms with Crippen molar-refractivity contribution in [3.63, 3.8) is 0 Å². The van der Waals surface area contributed by atoms with Gasteiger partial charge in [0, 0.05) is 10.5 Å². The molecule has 0 radical (unpaired) electrons. The first-order valence-electron chi connectivity index (χ1n) is 5.38. The van der Waals surface area contributed by atoms with Crippen LogP contribution in [0.3, 0.4) is 0 Å². The van der Waals surface area contributed by atoms with Gasteiger partial charge in [-0.3, -0.25) is 4.79 Å². The number of hydrogen-bond acceptors (Lipinski definition) is 3. The van der Waals surface area contributed by atoms with Gasteiger partial charge < -0.3 is 14.8 Å². The Morgan fingerprint density at radius 1 is 1.29 bits per heavy atom. The first kappa shape index (κ1) is 12.2. The molecule has 1 aromatic carbocycles. The van der Waals surface area contributed by atoms with E-state index in [1.165, 1.54) is 0 Å². The minimum Gasteiger partial charge on any atom is -0.493 e. The SMILES string of the molecule is COc1cc(Br)c(C(=O)NC2CC2)cc1OC. The number of amides is 1. The highest BCUT2D eigenvalue weighted by molar-refractivity contribution is 9.10. The fourth-order valence-electron chi connectivity index (χ4n) is 1.52. The van der Waals surface area contributed by atoms with Crippen LogP contribution < -0.4 is 14.8 Å². The second-order valence-corrected chi connectivity index (χ2v) is 4.79. The lowest BCUT2D eigenvalue weighted by Crippen LogP contribution is -2.25. The Bertz CT molecular complexity index is 444. The summed E-state index contributed by atoms with van der Waals surface area (Å²) >= 11 is 3.37. The maximum Gasteiger partial charge on any atom is 0.252 e. The number of methoxy groups -OCH3 is 2. The zero-order chi connectivity index (χ0) is 12.4. The van der Waals surface area contributed by atoms with E-state index in [1.807, 2.05) is 0 Å². The molecule has 0 atom stereocenters. The molecule has 5 heteroatoms. The number of nitrogens with one attached hydrogen (secondary N) is 1. The number of hydrogen-bond donors (Lipinski definition) is 1. The molecule has 17 heavy (non-hydrogen) atoms. The van der Waals surface area contributed by atoms with Crippen LogP contribution in [-0.2, 0) is 0 Å². The van der Waals surface area contributed by atoms with Crippen molar-refractivity contribution in [1.82, 2.24) is 5.32 Å². The molecule has 1 fully saturated rings. The van der Waals surface area contributed by atoms with Crippen LogP contribution in [0.25, 0.3) is 0 Å². The van der Waals surface area contributed by atoms with Gasteiger partial charge in [-0.15, -0.1) is 0 Å². The van der Waals surface area contributed by atoms with Crippen molar-refractivity contribution >= 4 is 21.8 Å². The van der Waals surface area contributed by atoms with E-state index in [-0.39, 0.29) is 5.91 Å². The zero-order valence-electron chi connectivity index (χ0n) is 9.75. The van der Waals surface area contributed by atoms with Crippen molar-refractivity contribution in [2.45, 2.75) is 18.9 Å². The molecule has 1 aliphatic carbocycles. The van der Waals surface area contributed by atoms with E-state index >= 15 is 0 Å². The van der Waals surface area contributed by atoms with Gasteiger partial charge in [0.2, 0.25) is 0 Å². The van der Waals surface area contributed by atoms with Crippen LogP contribution in [0.4, 0.5) is 0 Å². The van der Waals surface area contributed by atoms with Gasteiger partial charge in [0.1, 0.15) is 0 Å². The molecule has 0 aliphatic heterocycles. The monoisotopic (exact) mass is 299 g/mol. The van der Waals surface area contributed by atoms with Crippen molar-refractivity contribution in [1.29, 1.82) is 0 Å². The Hall–Kier alpha value is -1.23. The second kappa shape index (κ2) is 4.96. The van der Waals surface area contributed by atoms with Gasteiger partial charge in [0.15, 0.2) is 11.5 Å². The molecule has 0 saturated heterocycles. The van der Waals surface area contributed by atoms with E-state index < -0.39 is 0 Å². The third kappa shape index (κ3) is 2.72. The Labute approximate surface area is 108 Å². The predicted molar refractivity (Wildman–Crippen MR) is 67.7 cm³/mol. The van der Waals surface area contributed by atoms with Crippen molar-refractivity contribution in [2.24, 2.45) is 0 Å². The van der Waals surface area contributed by atoms with Gasteiger partial charge >= 0.3 is 0 Å². The number of benzene rings is 1. The molecule has 1 aliphatic rings. The van der Waals surface area contributed by atoms with Crippen LogP contribution in [-0.4, -0.2) is 26.2 Å². The molecular weight excluding hydrogens is 286 g/mol. The van der Waals surface area contributed by atoms with E-state index in [9.17, 15) is 4.79 Å². The van der Waals surface area contributed by atoms with Crippen LogP contribution in [0.15, 0.2) is 16.6 Å². The average molecular weight is 300 g/mol. The first-order chi connectivity index (χ1) is 8.15. The van der Waals surface area contributed by atoms with E-state index in [2.05, 4.69) is 21.2 Å². The van der Waals surface area contributed by atoms with Crippen molar-refractivity contribution in [3.05, 3.63) is 22.2 Å². The molecule has 4 nitrogen and oxygen atoms in total. The average Bonchev–Trinajstić information content (AvgIpc) is 3.12. The largest absolute Gasteiger partial charge is 0.493 e. The topological polar surface area (TPSA) is 47.6 Å². The van der Waals surface area contributed by atoms with Gasteiger partial charge in [-0.25, -0.2) is 0 Å². The van der Waals surface area contributed by atoms with E-state index in [0.717, 1.165) is 12.8 Å². The summed E-state index contributed by atoms with van der Waals surface area (Å²) in [5, 5.41) is 2.93. The minimum atomic E-state index is -0.0830. The Morgan fingerprint density at radius 3 is 2.41 bits per heavy atom. The molecule has 0 spiro atoms. The molecule has 92 valence electrons. The highest BCUT2D eigenvalue weighted by Crippen LogP contribution is 2.33. The summed E-state index contributed by atoms with van der Waals surface area (Å²) in [4.78, 5) is 11.9. The third-order valence-corrected chi connectivity index (χ3v) is 3.29. The standard InChI is InChI=1S/C12H14BrNO3/c1-16-10-5-8(9(13)6-11(10)17-2)12(15)14-7-3-4-7/h5-7H,3-4H2,1-2H3,(H,14,15). The molecule has 0 unspecified atom stereocenters. The lowest BCUT2D eigenvalue weighted by atomic mass is 10.2. The summed E-state index contributed by atoms with van der Waals surface area (Å²) in [7, 11) is 3.11. The van der Waals surface area contributed by atoms with E-state index in [1.54, 1.807) is 26.4 Å². The molecule has 1 N–H and O–H groups in total. The maximum atomic E-state index is 11.9. The van der Waals surface area contributed by atoms with Crippen molar-refractivity contribution in [3.8, 4) is 11.5 Å². The van der Waals surface area contributed by atoms with Gasteiger partial charge in [-0.2, -0.15) is 0 Å². The Morgan fingerprint density at radius 2 is 1.88 bits per heavy atom. The van der Waals surface area contributed by atoms with Crippen LogP contribution >= 0.6 is 15.9 Å². The Kier molecular flexibility index (Phi) is 3.57. The fraction of sp³-hybridized carbons (Fsp3) is 0.417. The number of ether oxygens (including phenoxy) is 2. The number of rotatable bonds is 4. The molecular formula is C12H14BrNO3. The summed E-state index contributed by atoms with van der Waals surface area (Å²) < 4.78 is 11.0. The van der Waals surface area contributed by atoms with Crippen LogP contribution in [0.2, 0.25) is 0 Å². The molecule has 1 amide bonds. The molecule has 0 aromatic heterocycles. The molecule has 1 aromatic rings. The summed E-state index contributed by atoms with van der Waals surface area (Å²) in [6, 6.07) is 3.75. The second-order valence-electron chi connectivity index (χ2n) is 3.93. The lowest BCUT2D eigenvalue weighted by molar-refractivity contribution is 0.0950. The summed E-state index contributed by atoms with van der Waals surface area (Å²) in [5.41, 5.74) is 0.564. The quantitative estimate of drug-likeness (QED) is 0.928. The smallest absolute Gasteiger partial charge is 0.252 e. The normalized spacial score (nSPS) is 14.3. The fourth-order valence-corrected chi connectivity index (χ4v) is 2.02. The summed E-state index contributed by atoms with van der Waals surface area (Å²) in [6.45, 7) is 0. The highest BCUT2D eigenvalue weighted by atomic mass is 79.9. The van der Waals surface area contributed by atoms with Gasteiger partial charge in [-0.1, -0.05) is 0 Å². The Balaban J connectivity index is 2.28. The first-order valence-corrected chi connectivity index (χ1v) is 6.17. The number of halogens is 1. The minimum absolute atomic E-state index is 0.0830. The van der Waals surface area contributed by atoms with Crippen LogP contribution in [0.5, 0.6) is 11.5 Å². The van der Waals surface area contributed by atoms with Crippen LogP contribution in [0.1, 0.15) is 23.2 Å². The maximum absolute atomic E-state index is 11.9. The third-order valence-electron chi connectivity index (χ3n) is 2.63. The van der Waals surface area contributed by atoms with Crippen molar-refractivity contribution < 1.29 is 14.3 Å². The molecule has 0 bridgehead atoms. The number of carbonyl (C=O) groups excluding carboxylic acids is 1.